The van der Waals surface area contributed by atoms with E-state index in [0.717, 1.165) is 56.6 Å². The van der Waals surface area contributed by atoms with Crippen LogP contribution in [0.2, 0.25) is 0 Å². The van der Waals surface area contributed by atoms with Crippen LogP contribution in [0.15, 0.2) is 54.6 Å². The van der Waals surface area contributed by atoms with E-state index < -0.39 is 0 Å². The number of aryl methyl sites for hydroxylation is 1. The molecule has 0 aromatic heterocycles. The molecule has 2 heterocycles. The van der Waals surface area contributed by atoms with Gasteiger partial charge in [0, 0.05) is 31.7 Å². The standard InChI is InChI=1S/C26H32N2O3/c1-20-9-11-22(12-10-20)25(29)28-15-5-6-23(18-28)26(30)27-16-13-21(14-17-27)19-31-24-7-3-2-4-8-24/h2-4,7-12,21,23H,5-6,13-19H2,1H3. The molecule has 0 radical (unpaired) electrons. The van der Waals surface area contributed by atoms with Crippen LogP contribution in [-0.4, -0.2) is 54.4 Å². The summed E-state index contributed by atoms with van der Waals surface area (Å²) in [5, 5.41) is 0. The van der Waals surface area contributed by atoms with Crippen molar-refractivity contribution in [2.45, 2.75) is 32.6 Å². The van der Waals surface area contributed by atoms with E-state index in [0.29, 0.717) is 24.6 Å². The highest BCUT2D eigenvalue weighted by molar-refractivity contribution is 5.94. The number of nitrogens with zero attached hydrogens (tertiary/aromatic N) is 2. The monoisotopic (exact) mass is 420 g/mol. The Hall–Kier alpha value is -2.82. The van der Waals surface area contributed by atoms with Crippen molar-refractivity contribution in [2.24, 2.45) is 11.8 Å². The maximum absolute atomic E-state index is 13.1. The highest BCUT2D eigenvalue weighted by Gasteiger charge is 2.33. The van der Waals surface area contributed by atoms with E-state index in [-0.39, 0.29) is 17.7 Å². The number of hydrogen-bond donors (Lipinski definition) is 0. The third-order valence-corrected chi connectivity index (χ3v) is 6.51. The molecule has 5 nitrogen and oxygen atoms in total. The van der Waals surface area contributed by atoms with Crippen molar-refractivity contribution in [1.29, 1.82) is 0 Å². The molecular formula is C26H32N2O3. The van der Waals surface area contributed by atoms with Gasteiger partial charge in [-0.2, -0.15) is 0 Å². The number of benzene rings is 2. The predicted octanol–water partition coefficient (Wildman–Crippen LogP) is 4.16. The topological polar surface area (TPSA) is 49.9 Å². The quantitative estimate of drug-likeness (QED) is 0.730. The second kappa shape index (κ2) is 9.99. The van der Waals surface area contributed by atoms with Crippen molar-refractivity contribution in [1.82, 2.24) is 9.80 Å². The van der Waals surface area contributed by atoms with E-state index in [9.17, 15) is 9.59 Å². The number of amides is 2. The molecule has 5 heteroatoms. The van der Waals surface area contributed by atoms with Gasteiger partial charge >= 0.3 is 0 Å². The lowest BCUT2D eigenvalue weighted by molar-refractivity contribution is -0.138. The normalized spacial score (nSPS) is 19.8. The number of likely N-dealkylation sites (tertiary alicyclic amines) is 2. The molecule has 2 aliphatic heterocycles. The second-order valence-electron chi connectivity index (χ2n) is 8.85. The van der Waals surface area contributed by atoms with Gasteiger partial charge in [-0.3, -0.25) is 9.59 Å². The van der Waals surface area contributed by atoms with Crippen LogP contribution in [-0.2, 0) is 4.79 Å². The van der Waals surface area contributed by atoms with E-state index in [1.165, 1.54) is 0 Å². The van der Waals surface area contributed by atoms with Gasteiger partial charge in [0.25, 0.3) is 5.91 Å². The van der Waals surface area contributed by atoms with E-state index in [1.807, 2.05) is 71.3 Å². The van der Waals surface area contributed by atoms with Crippen molar-refractivity contribution < 1.29 is 14.3 Å². The lowest BCUT2D eigenvalue weighted by atomic mass is 9.92. The minimum absolute atomic E-state index is 0.0364. The second-order valence-corrected chi connectivity index (χ2v) is 8.85. The van der Waals surface area contributed by atoms with Crippen molar-refractivity contribution in [3.05, 3.63) is 65.7 Å². The number of ether oxygens (including phenoxy) is 1. The molecule has 1 atom stereocenters. The molecule has 0 bridgehead atoms. The summed E-state index contributed by atoms with van der Waals surface area (Å²) in [6, 6.07) is 17.6. The van der Waals surface area contributed by atoms with Gasteiger partial charge in [-0.05, 0) is 62.8 Å². The van der Waals surface area contributed by atoms with Gasteiger partial charge in [-0.15, -0.1) is 0 Å². The maximum atomic E-state index is 13.1. The molecule has 0 saturated carbocycles. The first-order valence-electron chi connectivity index (χ1n) is 11.4. The van der Waals surface area contributed by atoms with Crippen molar-refractivity contribution in [3.63, 3.8) is 0 Å². The van der Waals surface area contributed by atoms with Gasteiger partial charge in [-0.25, -0.2) is 0 Å². The number of para-hydroxylation sites is 1. The lowest BCUT2D eigenvalue weighted by Gasteiger charge is -2.37. The van der Waals surface area contributed by atoms with E-state index in [2.05, 4.69) is 0 Å². The van der Waals surface area contributed by atoms with Crippen LogP contribution >= 0.6 is 0 Å². The molecule has 2 saturated heterocycles. The van der Waals surface area contributed by atoms with Crippen molar-refractivity contribution in [2.75, 3.05) is 32.8 Å². The van der Waals surface area contributed by atoms with E-state index in [1.54, 1.807) is 0 Å². The fourth-order valence-corrected chi connectivity index (χ4v) is 4.55. The minimum Gasteiger partial charge on any atom is -0.493 e. The number of piperidine rings is 2. The molecule has 31 heavy (non-hydrogen) atoms. The van der Waals surface area contributed by atoms with Gasteiger partial charge in [-0.1, -0.05) is 35.9 Å². The molecule has 2 aliphatic rings. The summed E-state index contributed by atoms with van der Waals surface area (Å²) < 4.78 is 5.90. The van der Waals surface area contributed by atoms with E-state index >= 15 is 0 Å². The SMILES string of the molecule is Cc1ccc(C(=O)N2CCCC(C(=O)N3CCC(COc4ccccc4)CC3)C2)cc1. The Kier molecular flexibility index (Phi) is 6.90. The van der Waals surface area contributed by atoms with Crippen LogP contribution in [0.1, 0.15) is 41.6 Å². The molecule has 1 unspecified atom stereocenters. The predicted molar refractivity (Wildman–Crippen MR) is 121 cm³/mol. The molecule has 2 aromatic rings. The summed E-state index contributed by atoms with van der Waals surface area (Å²) in [5.41, 5.74) is 1.85. The summed E-state index contributed by atoms with van der Waals surface area (Å²) in [5.74, 6) is 1.55. The summed E-state index contributed by atoms with van der Waals surface area (Å²) >= 11 is 0. The van der Waals surface area contributed by atoms with Crippen molar-refractivity contribution >= 4 is 11.8 Å². The highest BCUT2D eigenvalue weighted by atomic mass is 16.5. The molecular weight excluding hydrogens is 388 g/mol. The molecule has 4 rings (SSSR count). The smallest absolute Gasteiger partial charge is 0.253 e. The van der Waals surface area contributed by atoms with Crippen LogP contribution in [0.25, 0.3) is 0 Å². The Morgan fingerprint density at radius 1 is 0.903 bits per heavy atom. The summed E-state index contributed by atoms with van der Waals surface area (Å²) in [4.78, 5) is 29.9. The van der Waals surface area contributed by atoms with Gasteiger partial charge in [0.15, 0.2) is 0 Å². The average molecular weight is 421 g/mol. The molecule has 0 aliphatic carbocycles. The lowest BCUT2D eigenvalue weighted by Crippen LogP contribution is -2.48. The van der Waals surface area contributed by atoms with Gasteiger partial charge in [0.1, 0.15) is 5.75 Å². The van der Waals surface area contributed by atoms with Gasteiger partial charge in [0.05, 0.1) is 12.5 Å². The first kappa shape index (κ1) is 21.4. The first-order chi connectivity index (χ1) is 15.1. The van der Waals surface area contributed by atoms with Crippen molar-refractivity contribution in [3.8, 4) is 5.75 Å². The average Bonchev–Trinajstić information content (AvgIpc) is 2.83. The molecule has 2 aromatic carbocycles. The zero-order valence-electron chi connectivity index (χ0n) is 18.3. The number of rotatable bonds is 5. The Morgan fingerprint density at radius 3 is 2.32 bits per heavy atom. The Morgan fingerprint density at radius 2 is 1.61 bits per heavy atom. The zero-order chi connectivity index (χ0) is 21.6. The van der Waals surface area contributed by atoms with Gasteiger partial charge < -0.3 is 14.5 Å². The summed E-state index contributed by atoms with van der Waals surface area (Å²) in [6.45, 7) is 5.54. The van der Waals surface area contributed by atoms with Gasteiger partial charge in [0.2, 0.25) is 5.91 Å². The first-order valence-corrected chi connectivity index (χ1v) is 11.4. The molecule has 0 N–H and O–H groups in total. The third kappa shape index (κ3) is 5.46. The Balaban J connectivity index is 1.26. The molecule has 2 amide bonds. The fraction of sp³-hybridized carbons (Fsp3) is 0.462. The maximum Gasteiger partial charge on any atom is 0.253 e. The number of hydrogen-bond acceptors (Lipinski definition) is 3. The summed E-state index contributed by atoms with van der Waals surface area (Å²) in [6.07, 6.45) is 3.69. The van der Waals surface area contributed by atoms with Crippen LogP contribution in [0, 0.1) is 18.8 Å². The molecule has 164 valence electrons. The van der Waals surface area contributed by atoms with E-state index in [4.69, 9.17) is 4.74 Å². The molecule has 2 fully saturated rings. The van der Waals surface area contributed by atoms with Crippen LogP contribution < -0.4 is 4.74 Å². The zero-order valence-corrected chi connectivity index (χ0v) is 18.3. The summed E-state index contributed by atoms with van der Waals surface area (Å²) in [7, 11) is 0. The third-order valence-electron chi connectivity index (χ3n) is 6.51. The minimum atomic E-state index is -0.0831. The Bertz CT molecular complexity index is 873. The fourth-order valence-electron chi connectivity index (χ4n) is 4.55. The van der Waals surface area contributed by atoms with Crippen LogP contribution in [0.3, 0.4) is 0 Å². The largest absolute Gasteiger partial charge is 0.493 e. The Labute approximate surface area is 185 Å². The van der Waals surface area contributed by atoms with Crippen LogP contribution in [0.5, 0.6) is 5.75 Å². The van der Waals surface area contributed by atoms with Crippen LogP contribution in [0.4, 0.5) is 0 Å². The highest BCUT2D eigenvalue weighted by Crippen LogP contribution is 2.25. The molecule has 0 spiro atoms. The number of carbonyl (C=O) groups excluding carboxylic acids is 2. The number of carbonyl (C=O) groups is 2.